The fraction of sp³-hybridized carbons (Fsp3) is 0.444. The van der Waals surface area contributed by atoms with E-state index in [9.17, 15) is 9.59 Å². The number of likely N-dealkylation sites (tertiary alicyclic amines) is 1. The summed E-state index contributed by atoms with van der Waals surface area (Å²) < 4.78 is 5.48. The van der Waals surface area contributed by atoms with Gasteiger partial charge in [-0.05, 0) is 30.9 Å². The Kier molecular flexibility index (Phi) is 5.11. The van der Waals surface area contributed by atoms with Crippen molar-refractivity contribution >= 4 is 17.5 Å². The lowest BCUT2D eigenvalue weighted by Gasteiger charge is -2.36. The second-order valence-corrected chi connectivity index (χ2v) is 6.35. The molecule has 7 nitrogen and oxygen atoms in total. The van der Waals surface area contributed by atoms with E-state index in [-0.39, 0.29) is 6.04 Å². The minimum absolute atomic E-state index is 0.212. The van der Waals surface area contributed by atoms with E-state index in [0.717, 1.165) is 12.8 Å². The summed E-state index contributed by atoms with van der Waals surface area (Å²) in [5.41, 5.74) is 0.412. The van der Waals surface area contributed by atoms with Gasteiger partial charge in [0, 0.05) is 13.0 Å². The zero-order chi connectivity index (χ0) is 17.8. The molecule has 7 heteroatoms. The topological polar surface area (TPSA) is 88.3 Å². The smallest absolute Gasteiger partial charge is 0.314 e. The molecule has 3 heterocycles. The van der Waals surface area contributed by atoms with Gasteiger partial charge in [-0.15, -0.1) is 0 Å². The molecule has 2 aromatic rings. The molecule has 2 aromatic heterocycles. The molecule has 0 saturated carbocycles. The van der Waals surface area contributed by atoms with Crippen LogP contribution in [0.4, 0.5) is 5.69 Å². The highest BCUT2D eigenvalue weighted by Gasteiger charge is 2.35. The van der Waals surface area contributed by atoms with Gasteiger partial charge in [-0.1, -0.05) is 13.8 Å². The molecule has 25 heavy (non-hydrogen) atoms. The average molecular weight is 342 g/mol. The Bertz CT molecular complexity index is 727. The quantitative estimate of drug-likeness (QED) is 0.866. The number of nitrogens with zero attached hydrogens (tertiary/aromatic N) is 3. The third-order valence-electron chi connectivity index (χ3n) is 4.47. The molecule has 1 fully saturated rings. The number of carbonyl (C=O) groups excluding carboxylic acids is 2. The van der Waals surface area contributed by atoms with E-state index in [1.165, 1.54) is 12.4 Å². The Morgan fingerprint density at radius 3 is 2.76 bits per heavy atom. The Labute approximate surface area is 146 Å². The van der Waals surface area contributed by atoms with E-state index in [1.54, 1.807) is 17.2 Å². The molecule has 0 aliphatic carbocycles. The normalized spacial score (nSPS) is 20.3. The molecular weight excluding hydrogens is 320 g/mol. The number of piperidine rings is 1. The molecule has 1 N–H and O–H groups in total. The molecule has 0 unspecified atom stereocenters. The van der Waals surface area contributed by atoms with Gasteiger partial charge in [0.1, 0.15) is 11.6 Å². The van der Waals surface area contributed by atoms with E-state index in [1.807, 2.05) is 13.0 Å². The SMILES string of the molecule is CCc1ncc(NC(=O)C(=O)N2CC[C@H](C)C[C@H]2c2ccco2)cn1. The lowest BCUT2D eigenvalue weighted by Crippen LogP contribution is -2.45. The van der Waals surface area contributed by atoms with Gasteiger partial charge < -0.3 is 14.6 Å². The molecule has 1 aliphatic heterocycles. The van der Waals surface area contributed by atoms with Crippen molar-refractivity contribution in [1.29, 1.82) is 0 Å². The van der Waals surface area contributed by atoms with Gasteiger partial charge in [0.2, 0.25) is 0 Å². The van der Waals surface area contributed by atoms with E-state index in [2.05, 4.69) is 22.2 Å². The number of nitrogens with one attached hydrogen (secondary N) is 1. The monoisotopic (exact) mass is 342 g/mol. The van der Waals surface area contributed by atoms with Gasteiger partial charge in [0.25, 0.3) is 0 Å². The van der Waals surface area contributed by atoms with Crippen LogP contribution in [0, 0.1) is 5.92 Å². The van der Waals surface area contributed by atoms with E-state index in [4.69, 9.17) is 4.42 Å². The summed E-state index contributed by atoms with van der Waals surface area (Å²) in [6.07, 6.45) is 6.97. The maximum Gasteiger partial charge on any atom is 0.314 e. The zero-order valence-corrected chi connectivity index (χ0v) is 14.4. The van der Waals surface area contributed by atoms with Crippen molar-refractivity contribution < 1.29 is 14.0 Å². The minimum Gasteiger partial charge on any atom is -0.467 e. The molecule has 2 atom stereocenters. The van der Waals surface area contributed by atoms with E-state index >= 15 is 0 Å². The molecule has 1 saturated heterocycles. The molecule has 0 bridgehead atoms. The van der Waals surface area contributed by atoms with Crippen LogP contribution < -0.4 is 5.32 Å². The van der Waals surface area contributed by atoms with Crippen LogP contribution in [0.2, 0.25) is 0 Å². The average Bonchev–Trinajstić information content (AvgIpc) is 3.16. The number of anilines is 1. The summed E-state index contributed by atoms with van der Waals surface area (Å²) >= 11 is 0. The first-order valence-electron chi connectivity index (χ1n) is 8.54. The van der Waals surface area contributed by atoms with Gasteiger partial charge in [0.05, 0.1) is 30.4 Å². The number of furan rings is 1. The van der Waals surface area contributed by atoms with Crippen molar-refractivity contribution in [3.63, 3.8) is 0 Å². The molecule has 1 aliphatic rings. The fourth-order valence-electron chi connectivity index (χ4n) is 3.05. The minimum atomic E-state index is -0.682. The summed E-state index contributed by atoms with van der Waals surface area (Å²) in [7, 11) is 0. The standard InChI is InChI=1S/C18H22N4O3/c1-3-16-19-10-13(11-20-16)21-17(23)18(24)22-7-6-12(2)9-14(22)15-5-4-8-25-15/h4-5,8,10-12,14H,3,6-7,9H2,1-2H3,(H,21,23)/t12-,14-/m0/s1. The zero-order valence-electron chi connectivity index (χ0n) is 14.4. The summed E-state index contributed by atoms with van der Waals surface area (Å²) in [6.45, 7) is 4.62. The number of hydrogen-bond donors (Lipinski definition) is 1. The summed E-state index contributed by atoms with van der Waals surface area (Å²) in [6, 6.07) is 3.43. The largest absolute Gasteiger partial charge is 0.467 e. The Balaban J connectivity index is 1.72. The second-order valence-electron chi connectivity index (χ2n) is 6.35. The fourth-order valence-corrected chi connectivity index (χ4v) is 3.05. The number of carbonyl (C=O) groups is 2. The highest BCUT2D eigenvalue weighted by atomic mass is 16.3. The molecule has 0 spiro atoms. The summed E-state index contributed by atoms with van der Waals surface area (Å²) in [4.78, 5) is 34.9. The lowest BCUT2D eigenvalue weighted by molar-refractivity contribution is -0.146. The van der Waals surface area contributed by atoms with Crippen LogP contribution >= 0.6 is 0 Å². The Morgan fingerprint density at radius 1 is 1.36 bits per heavy atom. The van der Waals surface area contributed by atoms with Gasteiger partial charge in [-0.25, -0.2) is 9.97 Å². The molecular formula is C18H22N4O3. The number of aryl methyl sites for hydroxylation is 1. The number of amides is 2. The predicted octanol–water partition coefficient (Wildman–Crippen LogP) is 2.57. The van der Waals surface area contributed by atoms with Crippen molar-refractivity contribution in [3.8, 4) is 0 Å². The molecule has 0 aromatic carbocycles. The Morgan fingerprint density at radius 2 is 2.12 bits per heavy atom. The van der Waals surface area contributed by atoms with Crippen LogP contribution in [0.1, 0.15) is 44.3 Å². The number of aromatic nitrogens is 2. The van der Waals surface area contributed by atoms with Crippen LogP contribution in [0.25, 0.3) is 0 Å². The Hall–Kier alpha value is -2.70. The van der Waals surface area contributed by atoms with E-state index < -0.39 is 11.8 Å². The molecule has 0 radical (unpaired) electrons. The summed E-state index contributed by atoms with van der Waals surface area (Å²) in [5, 5.41) is 2.58. The number of rotatable bonds is 3. The van der Waals surface area contributed by atoms with Gasteiger partial charge in [0.15, 0.2) is 0 Å². The van der Waals surface area contributed by atoms with Crippen LogP contribution in [-0.2, 0) is 16.0 Å². The second kappa shape index (κ2) is 7.46. The van der Waals surface area contributed by atoms with Crippen LogP contribution in [0.3, 0.4) is 0 Å². The van der Waals surface area contributed by atoms with Gasteiger partial charge >= 0.3 is 11.8 Å². The molecule has 3 rings (SSSR count). The van der Waals surface area contributed by atoms with E-state index in [0.29, 0.717) is 36.2 Å². The lowest BCUT2D eigenvalue weighted by atomic mass is 9.91. The number of hydrogen-bond acceptors (Lipinski definition) is 5. The maximum absolute atomic E-state index is 12.7. The van der Waals surface area contributed by atoms with Crippen molar-refractivity contribution in [2.75, 3.05) is 11.9 Å². The van der Waals surface area contributed by atoms with Crippen molar-refractivity contribution in [1.82, 2.24) is 14.9 Å². The van der Waals surface area contributed by atoms with Gasteiger partial charge in [-0.3, -0.25) is 9.59 Å². The van der Waals surface area contributed by atoms with Crippen LogP contribution in [-0.4, -0.2) is 33.2 Å². The highest BCUT2D eigenvalue weighted by Crippen LogP contribution is 2.34. The predicted molar refractivity (Wildman–Crippen MR) is 91.6 cm³/mol. The highest BCUT2D eigenvalue weighted by molar-refractivity contribution is 6.39. The third kappa shape index (κ3) is 3.87. The van der Waals surface area contributed by atoms with Crippen molar-refractivity contribution in [2.24, 2.45) is 5.92 Å². The first-order chi connectivity index (χ1) is 12.1. The third-order valence-corrected chi connectivity index (χ3v) is 4.47. The van der Waals surface area contributed by atoms with Crippen molar-refractivity contribution in [3.05, 3.63) is 42.4 Å². The molecule has 132 valence electrons. The van der Waals surface area contributed by atoms with Crippen LogP contribution in [0.5, 0.6) is 0 Å². The van der Waals surface area contributed by atoms with Crippen molar-refractivity contribution in [2.45, 2.75) is 39.2 Å². The van der Waals surface area contributed by atoms with Crippen LogP contribution in [0.15, 0.2) is 35.2 Å². The first-order valence-corrected chi connectivity index (χ1v) is 8.54. The first kappa shape index (κ1) is 17.1. The molecule has 2 amide bonds. The van der Waals surface area contributed by atoms with Gasteiger partial charge in [-0.2, -0.15) is 0 Å². The maximum atomic E-state index is 12.7. The summed E-state index contributed by atoms with van der Waals surface area (Å²) in [5.74, 6) is 0.625.